The second kappa shape index (κ2) is 11.3. The number of rotatable bonds is 3. The van der Waals surface area contributed by atoms with Crippen molar-refractivity contribution in [3.63, 3.8) is 0 Å². The number of nitrogens with zero attached hydrogens (tertiary/aromatic N) is 7. The SMILES string of the molecule is Cc1nc2c(ncn2C2OC3COP(=O)(O)OC4C(CNS(=O)(=O)OC2C3CO)OC(n2cnc3c(N)ncnc32)C4F)c(=O)[nH]1. The Morgan fingerprint density at radius 3 is 2.57 bits per heavy atom. The van der Waals surface area contributed by atoms with Gasteiger partial charge in [-0.3, -0.25) is 23.0 Å². The van der Waals surface area contributed by atoms with Gasteiger partial charge in [0.05, 0.1) is 32.0 Å². The maximum Gasteiger partial charge on any atom is 0.472 e. The maximum absolute atomic E-state index is 16.0. The fourth-order valence-electron chi connectivity index (χ4n) is 5.71. The van der Waals surface area contributed by atoms with Crippen molar-refractivity contribution in [3.8, 4) is 0 Å². The number of ether oxygens (including phenoxy) is 2. The number of phosphoric acid groups is 1. The lowest BCUT2D eigenvalue weighted by Crippen LogP contribution is -2.43. The van der Waals surface area contributed by atoms with Crippen molar-refractivity contribution < 1.29 is 50.1 Å². The molecule has 3 aliphatic rings. The van der Waals surface area contributed by atoms with Crippen LogP contribution in [0.1, 0.15) is 18.3 Å². The zero-order valence-electron chi connectivity index (χ0n) is 23.5. The van der Waals surface area contributed by atoms with Crippen LogP contribution in [0.25, 0.3) is 22.3 Å². The summed E-state index contributed by atoms with van der Waals surface area (Å²) in [7, 11) is -9.84. The van der Waals surface area contributed by atoms with Gasteiger partial charge in [0, 0.05) is 12.5 Å². The number of fused-ring (bicyclic) bond motifs is 5. The van der Waals surface area contributed by atoms with Crippen LogP contribution in [0.3, 0.4) is 0 Å². The molecule has 7 rings (SSSR count). The van der Waals surface area contributed by atoms with Gasteiger partial charge in [-0.15, -0.1) is 0 Å². The standard InChI is InChI=1S/C22H26FN10O11PS/c1-8-30-19-14(20(35)31-8)28-7-33(19)22-15-9(3-34)11(42-22)4-40-45(36,37)43-16-10(2-29-46(38,39)44-15)41-21(12(16)23)32-6-27-13-17(24)25-5-26-18(13)32/h5-7,9-12,15-16,21-22,29,34H,2-4H2,1H3,(H,36,37)(H2,24,25,26)(H,30,31,35). The first-order valence-electron chi connectivity index (χ1n) is 13.6. The summed E-state index contributed by atoms with van der Waals surface area (Å²) >= 11 is 0. The van der Waals surface area contributed by atoms with E-state index in [2.05, 4.69) is 34.6 Å². The van der Waals surface area contributed by atoms with Crippen LogP contribution in [0.2, 0.25) is 0 Å². The summed E-state index contributed by atoms with van der Waals surface area (Å²) in [4.78, 5) is 45.8. The molecule has 0 radical (unpaired) electrons. The van der Waals surface area contributed by atoms with Gasteiger partial charge in [0.1, 0.15) is 36.0 Å². The van der Waals surface area contributed by atoms with Crippen molar-refractivity contribution >= 4 is 46.3 Å². The highest BCUT2D eigenvalue weighted by atomic mass is 32.2. The molecule has 3 saturated heterocycles. The van der Waals surface area contributed by atoms with E-state index in [1.165, 1.54) is 24.1 Å². The highest BCUT2D eigenvalue weighted by molar-refractivity contribution is 7.84. The zero-order chi connectivity index (χ0) is 32.5. The first kappa shape index (κ1) is 31.1. The molecule has 4 aromatic heterocycles. The van der Waals surface area contributed by atoms with E-state index in [1.807, 2.05) is 0 Å². The second-order valence-corrected chi connectivity index (χ2v) is 13.5. The smallest absolute Gasteiger partial charge is 0.396 e. The van der Waals surface area contributed by atoms with E-state index >= 15 is 4.39 Å². The molecule has 6 N–H and O–H groups in total. The van der Waals surface area contributed by atoms with Gasteiger partial charge in [0.25, 0.3) is 5.56 Å². The average Bonchev–Trinajstić information content (AvgIpc) is 3.75. The van der Waals surface area contributed by atoms with Gasteiger partial charge in [-0.2, -0.15) is 13.1 Å². The number of anilines is 1. The molecular formula is C22H26FN10O11PS. The molecule has 0 saturated carbocycles. The van der Waals surface area contributed by atoms with Crippen LogP contribution >= 0.6 is 7.82 Å². The summed E-state index contributed by atoms with van der Waals surface area (Å²) < 4.78 is 87.8. The quantitative estimate of drug-likeness (QED) is 0.150. The largest absolute Gasteiger partial charge is 0.472 e. The molecule has 4 aromatic rings. The lowest BCUT2D eigenvalue weighted by molar-refractivity contribution is -0.0509. The first-order chi connectivity index (χ1) is 21.9. The summed E-state index contributed by atoms with van der Waals surface area (Å²) in [6, 6.07) is 0. The third-order valence-electron chi connectivity index (χ3n) is 7.81. The molecule has 24 heteroatoms. The van der Waals surface area contributed by atoms with Crippen LogP contribution in [-0.4, -0.2) is 108 Å². The van der Waals surface area contributed by atoms with Crippen molar-refractivity contribution in [2.75, 3.05) is 25.5 Å². The first-order valence-corrected chi connectivity index (χ1v) is 16.5. The van der Waals surface area contributed by atoms with E-state index in [1.54, 1.807) is 0 Å². The number of aryl methyl sites for hydroxylation is 1. The minimum absolute atomic E-state index is 0.00636. The molecular weight excluding hydrogens is 662 g/mol. The fourth-order valence-corrected chi connectivity index (χ4v) is 7.63. The second-order valence-electron chi connectivity index (χ2n) is 10.7. The summed E-state index contributed by atoms with van der Waals surface area (Å²) in [5.74, 6) is -0.939. The topological polar surface area (TPSA) is 283 Å². The minimum Gasteiger partial charge on any atom is -0.396 e. The number of hydrogen-bond donors (Lipinski definition) is 5. The van der Waals surface area contributed by atoms with E-state index in [0.29, 0.717) is 0 Å². The van der Waals surface area contributed by atoms with Crippen LogP contribution in [0, 0.1) is 12.8 Å². The molecule has 0 spiro atoms. The molecule has 3 fully saturated rings. The van der Waals surface area contributed by atoms with Gasteiger partial charge in [0.2, 0.25) is 0 Å². The van der Waals surface area contributed by atoms with Gasteiger partial charge < -0.3 is 30.2 Å². The van der Waals surface area contributed by atoms with Crippen molar-refractivity contribution in [1.82, 2.24) is 43.8 Å². The van der Waals surface area contributed by atoms with Crippen molar-refractivity contribution in [2.45, 2.75) is 50.0 Å². The predicted molar refractivity (Wildman–Crippen MR) is 148 cm³/mol. The van der Waals surface area contributed by atoms with Gasteiger partial charge >= 0.3 is 18.1 Å². The summed E-state index contributed by atoms with van der Waals surface area (Å²) in [6.45, 7) is -0.646. The zero-order valence-corrected chi connectivity index (χ0v) is 25.2. The fraction of sp³-hybridized carbons (Fsp3) is 0.545. The lowest BCUT2D eigenvalue weighted by atomic mass is 9.99. The Hall–Kier alpha value is -3.51. The van der Waals surface area contributed by atoms with E-state index in [0.717, 1.165) is 10.9 Å². The number of halogens is 1. The Morgan fingerprint density at radius 2 is 1.80 bits per heavy atom. The monoisotopic (exact) mass is 688 g/mol. The van der Waals surface area contributed by atoms with Gasteiger partial charge in [-0.05, 0) is 6.92 Å². The number of aromatic nitrogens is 8. The highest BCUT2D eigenvalue weighted by Crippen LogP contribution is 2.50. The molecule has 0 aliphatic carbocycles. The number of aliphatic hydroxyl groups excluding tert-OH is 1. The molecule has 3 aliphatic heterocycles. The third-order valence-corrected chi connectivity index (χ3v) is 9.80. The number of imidazole rings is 2. The van der Waals surface area contributed by atoms with E-state index < -0.39 is 92.4 Å². The molecule has 46 heavy (non-hydrogen) atoms. The molecule has 9 unspecified atom stereocenters. The Labute approximate surface area is 256 Å². The molecule has 9 atom stereocenters. The number of aromatic amines is 1. The third kappa shape index (κ3) is 5.36. The van der Waals surface area contributed by atoms with Crippen LogP contribution in [0.5, 0.6) is 0 Å². The molecule has 2 bridgehead atoms. The molecule has 7 heterocycles. The normalized spacial score (nSPS) is 35.0. The van der Waals surface area contributed by atoms with Crippen LogP contribution in [0.15, 0.2) is 23.8 Å². The Kier molecular flexibility index (Phi) is 7.66. The number of alkyl halides is 1. The summed E-state index contributed by atoms with van der Waals surface area (Å²) in [5.41, 5.74) is 5.39. The number of nitrogens with two attached hydrogens (primary N) is 1. The Bertz CT molecular complexity index is 2030. The number of nitrogen functional groups attached to an aromatic ring is 1. The van der Waals surface area contributed by atoms with Crippen LogP contribution < -0.4 is 16.0 Å². The number of H-pyrrole nitrogens is 1. The lowest BCUT2D eigenvalue weighted by Gasteiger charge is -2.24. The molecule has 0 aromatic carbocycles. The summed E-state index contributed by atoms with van der Waals surface area (Å²) in [5, 5.41) is 10.2. The van der Waals surface area contributed by atoms with E-state index in [9.17, 15) is 27.8 Å². The van der Waals surface area contributed by atoms with E-state index in [4.69, 9.17) is 28.4 Å². The van der Waals surface area contributed by atoms with Crippen molar-refractivity contribution in [1.29, 1.82) is 0 Å². The van der Waals surface area contributed by atoms with Crippen molar-refractivity contribution in [2.24, 2.45) is 5.92 Å². The number of phosphoric ester groups is 1. The number of nitrogens with one attached hydrogen (secondary N) is 2. The maximum atomic E-state index is 16.0. The predicted octanol–water partition coefficient (Wildman–Crippen LogP) is -1.67. The van der Waals surface area contributed by atoms with Crippen LogP contribution in [-0.2, 0) is 37.6 Å². The van der Waals surface area contributed by atoms with Gasteiger partial charge in [-0.1, -0.05) is 0 Å². The Balaban J connectivity index is 1.22. The molecule has 0 amide bonds. The highest BCUT2D eigenvalue weighted by Gasteiger charge is 2.53. The number of hydrogen-bond acceptors (Lipinski definition) is 16. The van der Waals surface area contributed by atoms with Gasteiger partial charge in [0.15, 0.2) is 41.3 Å². The van der Waals surface area contributed by atoms with E-state index in [-0.39, 0.29) is 34.0 Å². The number of aliphatic hydroxyl groups is 1. The molecule has 248 valence electrons. The minimum atomic E-state index is -5.10. The average molecular weight is 689 g/mol. The van der Waals surface area contributed by atoms with Gasteiger partial charge in [-0.25, -0.2) is 38.1 Å². The van der Waals surface area contributed by atoms with Crippen molar-refractivity contribution in [3.05, 3.63) is 35.2 Å². The Morgan fingerprint density at radius 1 is 1.09 bits per heavy atom. The summed E-state index contributed by atoms with van der Waals surface area (Å²) in [6.07, 6.45) is -7.76. The van der Waals surface area contributed by atoms with Crippen LogP contribution in [0.4, 0.5) is 10.2 Å². The molecule has 21 nitrogen and oxygen atoms in total.